The molecule has 0 spiro atoms. The van der Waals surface area contributed by atoms with Gasteiger partial charge in [0.25, 0.3) is 0 Å². The first-order chi connectivity index (χ1) is 5.62. The number of rotatable bonds is 4. The summed E-state index contributed by atoms with van der Waals surface area (Å²) in [4.78, 5) is 10.8. The molecule has 0 fully saturated rings. The Hall–Kier alpha value is -0.570. The van der Waals surface area contributed by atoms with Crippen LogP contribution >= 0.6 is 0 Å². The molecule has 0 aliphatic rings. The van der Waals surface area contributed by atoms with Crippen LogP contribution in [-0.4, -0.2) is 17.0 Å². The molecule has 1 amide bonds. The van der Waals surface area contributed by atoms with Crippen LogP contribution in [0.5, 0.6) is 0 Å². The van der Waals surface area contributed by atoms with Crippen LogP contribution in [0.2, 0.25) is 0 Å². The molecule has 78 valence electrons. The Balaban J connectivity index is 3.96. The van der Waals surface area contributed by atoms with E-state index in [9.17, 15) is 4.79 Å². The van der Waals surface area contributed by atoms with Crippen molar-refractivity contribution in [1.82, 2.24) is 5.32 Å². The van der Waals surface area contributed by atoms with Gasteiger partial charge in [-0.1, -0.05) is 0 Å². The third-order valence-corrected chi connectivity index (χ3v) is 1.91. The second kappa shape index (κ2) is 4.09. The highest BCUT2D eigenvalue weighted by Crippen LogP contribution is 2.16. The topological polar surface area (TPSA) is 55.1 Å². The van der Waals surface area contributed by atoms with E-state index in [0.29, 0.717) is 0 Å². The summed E-state index contributed by atoms with van der Waals surface area (Å²) in [6, 6.07) is 0. The van der Waals surface area contributed by atoms with Crippen molar-refractivity contribution in [2.45, 2.75) is 58.5 Å². The molecule has 0 rings (SSSR count). The van der Waals surface area contributed by atoms with Crippen LogP contribution < -0.4 is 11.1 Å². The van der Waals surface area contributed by atoms with Gasteiger partial charge in [-0.2, -0.15) is 0 Å². The summed E-state index contributed by atoms with van der Waals surface area (Å²) in [5.41, 5.74) is 5.55. The standard InChI is InChI=1S/C10H22N2O/c1-8(13)12-10(4,5)7-6-9(2,3)11/h6-7,11H2,1-5H3,(H,12,13). The van der Waals surface area contributed by atoms with Crippen LogP contribution in [0.25, 0.3) is 0 Å². The molecule has 0 aliphatic carbocycles. The normalized spacial score (nSPS) is 12.8. The Morgan fingerprint density at radius 1 is 1.23 bits per heavy atom. The molecule has 0 aromatic heterocycles. The van der Waals surface area contributed by atoms with E-state index in [4.69, 9.17) is 5.73 Å². The number of hydrogen-bond acceptors (Lipinski definition) is 2. The van der Waals surface area contributed by atoms with Crippen molar-refractivity contribution < 1.29 is 4.79 Å². The second-order valence-electron chi connectivity index (χ2n) is 5.05. The molecular formula is C10H22N2O. The summed E-state index contributed by atoms with van der Waals surface area (Å²) in [6.45, 7) is 9.56. The quantitative estimate of drug-likeness (QED) is 0.697. The number of nitrogens with one attached hydrogen (secondary N) is 1. The van der Waals surface area contributed by atoms with Crippen molar-refractivity contribution in [2.75, 3.05) is 0 Å². The maximum atomic E-state index is 10.8. The Bertz CT molecular complexity index is 180. The van der Waals surface area contributed by atoms with E-state index < -0.39 is 0 Å². The Morgan fingerprint density at radius 2 is 1.69 bits per heavy atom. The van der Waals surface area contributed by atoms with Gasteiger partial charge in [-0.05, 0) is 40.5 Å². The van der Waals surface area contributed by atoms with Crippen molar-refractivity contribution in [3.63, 3.8) is 0 Å². The van der Waals surface area contributed by atoms with Gasteiger partial charge >= 0.3 is 0 Å². The molecule has 0 aliphatic heterocycles. The molecule has 13 heavy (non-hydrogen) atoms. The Morgan fingerprint density at radius 3 is 2.00 bits per heavy atom. The van der Waals surface area contributed by atoms with E-state index in [0.717, 1.165) is 12.8 Å². The van der Waals surface area contributed by atoms with E-state index in [-0.39, 0.29) is 17.0 Å². The SMILES string of the molecule is CC(=O)NC(C)(C)CCC(C)(C)N. The van der Waals surface area contributed by atoms with Gasteiger partial charge in [-0.3, -0.25) is 4.79 Å². The zero-order chi connectivity index (χ0) is 10.7. The summed E-state index contributed by atoms with van der Waals surface area (Å²) >= 11 is 0. The van der Waals surface area contributed by atoms with Crippen molar-refractivity contribution in [3.8, 4) is 0 Å². The van der Waals surface area contributed by atoms with E-state index in [1.54, 1.807) is 0 Å². The first kappa shape index (κ1) is 12.4. The average Bonchev–Trinajstić information content (AvgIpc) is 1.79. The van der Waals surface area contributed by atoms with Crippen molar-refractivity contribution >= 4 is 5.91 Å². The van der Waals surface area contributed by atoms with E-state index >= 15 is 0 Å². The molecule has 0 heterocycles. The fourth-order valence-electron chi connectivity index (χ4n) is 1.17. The lowest BCUT2D eigenvalue weighted by molar-refractivity contribution is -0.120. The van der Waals surface area contributed by atoms with Crippen molar-refractivity contribution in [2.24, 2.45) is 5.73 Å². The van der Waals surface area contributed by atoms with Crippen molar-refractivity contribution in [3.05, 3.63) is 0 Å². The summed E-state index contributed by atoms with van der Waals surface area (Å²) in [7, 11) is 0. The third-order valence-electron chi connectivity index (χ3n) is 1.91. The number of carbonyl (C=O) groups excluding carboxylic acids is 1. The predicted molar refractivity (Wildman–Crippen MR) is 55.4 cm³/mol. The number of amides is 1. The third kappa shape index (κ3) is 7.78. The fraction of sp³-hybridized carbons (Fsp3) is 0.900. The largest absolute Gasteiger partial charge is 0.351 e. The monoisotopic (exact) mass is 186 g/mol. The molecule has 0 unspecified atom stereocenters. The molecule has 3 nitrogen and oxygen atoms in total. The van der Waals surface area contributed by atoms with Gasteiger partial charge in [-0.15, -0.1) is 0 Å². The van der Waals surface area contributed by atoms with Gasteiger partial charge in [0.2, 0.25) is 5.91 Å². The van der Waals surface area contributed by atoms with E-state index in [1.807, 2.05) is 27.7 Å². The zero-order valence-electron chi connectivity index (χ0n) is 9.40. The van der Waals surface area contributed by atoms with Crippen LogP contribution in [0.4, 0.5) is 0 Å². The highest BCUT2D eigenvalue weighted by atomic mass is 16.1. The van der Waals surface area contributed by atoms with Gasteiger partial charge in [0, 0.05) is 18.0 Å². The lowest BCUT2D eigenvalue weighted by atomic mass is 9.90. The summed E-state index contributed by atoms with van der Waals surface area (Å²) in [6.07, 6.45) is 1.80. The molecule has 0 bridgehead atoms. The van der Waals surface area contributed by atoms with Gasteiger partial charge in [0.05, 0.1) is 0 Å². The van der Waals surface area contributed by atoms with E-state index in [1.165, 1.54) is 6.92 Å². The number of carbonyl (C=O) groups is 1. The Kier molecular flexibility index (Phi) is 3.91. The van der Waals surface area contributed by atoms with Crippen LogP contribution in [0.1, 0.15) is 47.5 Å². The van der Waals surface area contributed by atoms with Crippen LogP contribution in [0.15, 0.2) is 0 Å². The predicted octanol–water partition coefficient (Wildman–Crippen LogP) is 1.42. The molecule has 0 saturated heterocycles. The molecule has 3 heteroatoms. The summed E-state index contributed by atoms with van der Waals surface area (Å²) in [5.74, 6) is 0.0137. The molecule has 0 aromatic rings. The minimum Gasteiger partial charge on any atom is -0.351 e. The lowest BCUT2D eigenvalue weighted by Crippen LogP contribution is -2.44. The van der Waals surface area contributed by atoms with E-state index in [2.05, 4.69) is 5.32 Å². The lowest BCUT2D eigenvalue weighted by Gasteiger charge is -2.29. The van der Waals surface area contributed by atoms with Gasteiger partial charge < -0.3 is 11.1 Å². The maximum Gasteiger partial charge on any atom is 0.217 e. The second-order valence-corrected chi connectivity index (χ2v) is 5.05. The first-order valence-electron chi connectivity index (χ1n) is 4.70. The Labute approximate surface area is 81.1 Å². The molecule has 0 radical (unpaired) electrons. The first-order valence-corrected chi connectivity index (χ1v) is 4.70. The summed E-state index contributed by atoms with van der Waals surface area (Å²) in [5, 5.41) is 2.90. The zero-order valence-corrected chi connectivity index (χ0v) is 9.40. The molecule has 0 atom stereocenters. The molecule has 0 aromatic carbocycles. The van der Waals surface area contributed by atoms with Gasteiger partial charge in [0.1, 0.15) is 0 Å². The smallest absolute Gasteiger partial charge is 0.217 e. The minimum atomic E-state index is -0.157. The average molecular weight is 186 g/mol. The van der Waals surface area contributed by atoms with Crippen LogP contribution in [0.3, 0.4) is 0 Å². The summed E-state index contributed by atoms with van der Waals surface area (Å²) < 4.78 is 0. The van der Waals surface area contributed by atoms with Crippen LogP contribution in [-0.2, 0) is 4.79 Å². The minimum absolute atomic E-state index is 0.0137. The van der Waals surface area contributed by atoms with Gasteiger partial charge in [0.15, 0.2) is 0 Å². The highest BCUT2D eigenvalue weighted by molar-refractivity contribution is 5.73. The number of hydrogen-bond donors (Lipinski definition) is 2. The highest BCUT2D eigenvalue weighted by Gasteiger charge is 2.21. The molecule has 3 N–H and O–H groups in total. The maximum absolute atomic E-state index is 10.8. The van der Waals surface area contributed by atoms with Crippen molar-refractivity contribution in [1.29, 1.82) is 0 Å². The fourth-order valence-corrected chi connectivity index (χ4v) is 1.17. The number of nitrogens with two attached hydrogens (primary N) is 1. The van der Waals surface area contributed by atoms with Gasteiger partial charge in [-0.25, -0.2) is 0 Å². The molecular weight excluding hydrogens is 164 g/mol. The van der Waals surface area contributed by atoms with Crippen LogP contribution in [0, 0.1) is 0 Å². The molecule has 0 saturated carbocycles.